The van der Waals surface area contributed by atoms with Crippen LogP contribution in [-0.4, -0.2) is 44.9 Å². The Labute approximate surface area is 128 Å². The molecule has 0 unspecified atom stereocenters. The number of carboxylic acid groups (broad SMARTS) is 1. The molecule has 1 aliphatic rings. The molecular formula is C16H19N3O3. The largest absolute Gasteiger partial charge is 0.478 e. The second-order valence-electron chi connectivity index (χ2n) is 6.56. The van der Waals surface area contributed by atoms with Crippen LogP contribution in [0.25, 0.3) is 11.0 Å². The Bertz CT molecular complexity index is 738. The highest BCUT2D eigenvalue weighted by Gasteiger charge is 2.29. The normalized spacial score (nSPS) is 17.6. The molecule has 0 bridgehead atoms. The Morgan fingerprint density at radius 2 is 2.00 bits per heavy atom. The van der Waals surface area contributed by atoms with Crippen molar-refractivity contribution in [2.75, 3.05) is 13.1 Å². The first-order chi connectivity index (χ1) is 10.4. The summed E-state index contributed by atoms with van der Waals surface area (Å²) in [6.07, 6.45) is 3.38. The summed E-state index contributed by atoms with van der Waals surface area (Å²) in [6, 6.07) is 3.06. The minimum Gasteiger partial charge on any atom is -0.478 e. The van der Waals surface area contributed by atoms with E-state index in [9.17, 15) is 14.7 Å². The smallest absolute Gasteiger partial charge is 0.337 e. The van der Waals surface area contributed by atoms with Gasteiger partial charge in [-0.05, 0) is 30.4 Å². The van der Waals surface area contributed by atoms with Crippen LogP contribution in [-0.2, 0) is 0 Å². The lowest BCUT2D eigenvalue weighted by Crippen LogP contribution is -2.41. The minimum absolute atomic E-state index is 0.0927. The van der Waals surface area contributed by atoms with Gasteiger partial charge in [0.05, 0.1) is 16.6 Å². The highest BCUT2D eigenvalue weighted by atomic mass is 16.4. The summed E-state index contributed by atoms with van der Waals surface area (Å²) in [5, 5.41) is 9.19. The molecule has 0 aromatic carbocycles. The van der Waals surface area contributed by atoms with Crippen LogP contribution in [0.15, 0.2) is 18.3 Å². The zero-order chi connectivity index (χ0) is 15.9. The van der Waals surface area contributed by atoms with E-state index in [-0.39, 0.29) is 16.9 Å². The molecule has 3 rings (SSSR count). The number of carbonyl (C=O) groups is 2. The third-order valence-electron chi connectivity index (χ3n) is 4.39. The van der Waals surface area contributed by atoms with E-state index in [0.717, 1.165) is 25.9 Å². The zero-order valence-electron chi connectivity index (χ0n) is 12.7. The fraction of sp³-hybridized carbons (Fsp3) is 0.438. The average Bonchev–Trinajstić information content (AvgIpc) is 2.90. The fourth-order valence-electron chi connectivity index (χ4n) is 2.81. The molecule has 6 nitrogen and oxygen atoms in total. The summed E-state index contributed by atoms with van der Waals surface area (Å²) in [4.78, 5) is 32.7. The molecule has 0 atom stereocenters. The first kappa shape index (κ1) is 14.6. The van der Waals surface area contributed by atoms with Gasteiger partial charge in [0.2, 0.25) is 0 Å². The van der Waals surface area contributed by atoms with E-state index >= 15 is 0 Å². The van der Waals surface area contributed by atoms with Crippen molar-refractivity contribution in [3.63, 3.8) is 0 Å². The molecule has 1 amide bonds. The van der Waals surface area contributed by atoms with E-state index in [1.807, 2.05) is 4.90 Å². The standard InChI is InChI=1S/C16H19N3O3/c1-16(2)4-7-19(8-5-16)14(20)12-9-11-13(18-12)10(15(21)22)3-6-17-11/h3,6,9,18H,4-5,7-8H2,1-2H3,(H,21,22). The molecule has 2 aromatic heterocycles. The number of aromatic carboxylic acids is 1. The van der Waals surface area contributed by atoms with Gasteiger partial charge in [-0.2, -0.15) is 0 Å². The highest BCUT2D eigenvalue weighted by Crippen LogP contribution is 2.30. The molecule has 116 valence electrons. The van der Waals surface area contributed by atoms with Crippen molar-refractivity contribution in [1.29, 1.82) is 0 Å². The zero-order valence-corrected chi connectivity index (χ0v) is 12.7. The third-order valence-corrected chi connectivity index (χ3v) is 4.39. The van der Waals surface area contributed by atoms with E-state index in [0.29, 0.717) is 16.7 Å². The van der Waals surface area contributed by atoms with E-state index < -0.39 is 5.97 Å². The van der Waals surface area contributed by atoms with Crippen LogP contribution in [0.5, 0.6) is 0 Å². The van der Waals surface area contributed by atoms with E-state index in [1.54, 1.807) is 6.07 Å². The van der Waals surface area contributed by atoms with Gasteiger partial charge in [-0.3, -0.25) is 9.78 Å². The lowest BCUT2D eigenvalue weighted by atomic mass is 9.82. The van der Waals surface area contributed by atoms with Gasteiger partial charge in [-0.15, -0.1) is 0 Å². The highest BCUT2D eigenvalue weighted by molar-refractivity contribution is 6.04. The molecule has 0 saturated carbocycles. The van der Waals surface area contributed by atoms with Crippen molar-refractivity contribution >= 4 is 22.9 Å². The fourth-order valence-corrected chi connectivity index (χ4v) is 2.81. The van der Waals surface area contributed by atoms with Crippen molar-refractivity contribution in [3.05, 3.63) is 29.6 Å². The van der Waals surface area contributed by atoms with Gasteiger partial charge >= 0.3 is 5.97 Å². The van der Waals surface area contributed by atoms with Gasteiger partial charge in [-0.1, -0.05) is 13.8 Å². The third kappa shape index (κ3) is 2.56. The molecule has 1 aliphatic heterocycles. The number of aromatic amines is 1. The number of pyridine rings is 1. The number of hydrogen-bond donors (Lipinski definition) is 2. The second kappa shape index (κ2) is 5.12. The number of fused-ring (bicyclic) bond motifs is 1. The molecule has 2 N–H and O–H groups in total. The number of likely N-dealkylation sites (tertiary alicyclic amines) is 1. The first-order valence-corrected chi connectivity index (χ1v) is 7.38. The number of nitrogens with zero attached hydrogens (tertiary/aromatic N) is 2. The van der Waals surface area contributed by atoms with Crippen LogP contribution in [0.3, 0.4) is 0 Å². The van der Waals surface area contributed by atoms with Crippen LogP contribution in [0.1, 0.15) is 47.5 Å². The van der Waals surface area contributed by atoms with Gasteiger partial charge in [0.15, 0.2) is 0 Å². The Balaban J connectivity index is 1.89. The monoisotopic (exact) mass is 301 g/mol. The number of amides is 1. The number of carbonyl (C=O) groups excluding carboxylic acids is 1. The molecular weight excluding hydrogens is 282 g/mol. The van der Waals surface area contributed by atoms with Crippen molar-refractivity contribution in [2.45, 2.75) is 26.7 Å². The summed E-state index contributed by atoms with van der Waals surface area (Å²) in [5.41, 5.74) is 1.70. The summed E-state index contributed by atoms with van der Waals surface area (Å²) in [7, 11) is 0. The van der Waals surface area contributed by atoms with Gasteiger partial charge in [0, 0.05) is 19.3 Å². The lowest BCUT2D eigenvalue weighted by Gasteiger charge is -2.36. The van der Waals surface area contributed by atoms with E-state index in [2.05, 4.69) is 23.8 Å². The van der Waals surface area contributed by atoms with Crippen LogP contribution in [0.2, 0.25) is 0 Å². The van der Waals surface area contributed by atoms with Crippen LogP contribution in [0, 0.1) is 5.41 Å². The SMILES string of the molecule is CC1(C)CCN(C(=O)c2cc3nccc(C(=O)O)c3[nH]2)CC1. The van der Waals surface area contributed by atoms with Crippen molar-refractivity contribution in [1.82, 2.24) is 14.9 Å². The maximum atomic E-state index is 12.6. The van der Waals surface area contributed by atoms with Crippen molar-refractivity contribution in [3.8, 4) is 0 Å². The maximum absolute atomic E-state index is 12.6. The lowest BCUT2D eigenvalue weighted by molar-refractivity contribution is 0.0623. The quantitative estimate of drug-likeness (QED) is 0.892. The molecule has 6 heteroatoms. The number of hydrogen-bond acceptors (Lipinski definition) is 3. The molecule has 0 radical (unpaired) electrons. The summed E-state index contributed by atoms with van der Waals surface area (Å²) < 4.78 is 0. The average molecular weight is 301 g/mol. The van der Waals surface area contributed by atoms with Crippen LogP contribution < -0.4 is 0 Å². The molecule has 1 saturated heterocycles. The first-order valence-electron chi connectivity index (χ1n) is 7.38. The summed E-state index contributed by atoms with van der Waals surface area (Å²) in [5.74, 6) is -1.13. The molecule has 2 aromatic rings. The number of nitrogens with one attached hydrogen (secondary N) is 1. The minimum atomic E-state index is -1.03. The molecule has 0 aliphatic carbocycles. The molecule has 0 spiro atoms. The number of rotatable bonds is 2. The van der Waals surface area contributed by atoms with Crippen molar-refractivity contribution in [2.24, 2.45) is 5.41 Å². The predicted molar refractivity (Wildman–Crippen MR) is 82.0 cm³/mol. The second-order valence-corrected chi connectivity index (χ2v) is 6.56. The van der Waals surface area contributed by atoms with E-state index in [1.165, 1.54) is 12.3 Å². The van der Waals surface area contributed by atoms with Crippen molar-refractivity contribution < 1.29 is 14.7 Å². The van der Waals surface area contributed by atoms with Crippen LogP contribution >= 0.6 is 0 Å². The number of aromatic nitrogens is 2. The number of piperidine rings is 1. The predicted octanol–water partition coefficient (Wildman–Crippen LogP) is 2.52. The van der Waals surface area contributed by atoms with Gasteiger partial charge in [0.1, 0.15) is 5.69 Å². The van der Waals surface area contributed by atoms with E-state index in [4.69, 9.17) is 0 Å². The number of H-pyrrole nitrogens is 1. The van der Waals surface area contributed by atoms with Gasteiger partial charge in [0.25, 0.3) is 5.91 Å². The van der Waals surface area contributed by atoms with Gasteiger partial charge in [-0.25, -0.2) is 4.79 Å². The Hall–Kier alpha value is -2.37. The van der Waals surface area contributed by atoms with Gasteiger partial charge < -0.3 is 15.0 Å². The Kier molecular flexibility index (Phi) is 3.39. The Morgan fingerprint density at radius 1 is 1.32 bits per heavy atom. The van der Waals surface area contributed by atoms with Crippen LogP contribution in [0.4, 0.5) is 0 Å². The Morgan fingerprint density at radius 3 is 2.64 bits per heavy atom. The molecule has 3 heterocycles. The topological polar surface area (TPSA) is 86.3 Å². The number of carboxylic acids is 1. The maximum Gasteiger partial charge on any atom is 0.337 e. The summed E-state index contributed by atoms with van der Waals surface area (Å²) >= 11 is 0. The molecule has 22 heavy (non-hydrogen) atoms. The molecule has 1 fully saturated rings. The summed E-state index contributed by atoms with van der Waals surface area (Å²) in [6.45, 7) is 5.86.